The number of rotatable bonds is 8. The molecule has 2 N–H and O–H groups in total. The van der Waals surface area contributed by atoms with E-state index in [1.165, 1.54) is 25.2 Å². The summed E-state index contributed by atoms with van der Waals surface area (Å²) in [5, 5.41) is 21.0. The van der Waals surface area contributed by atoms with Gasteiger partial charge in [-0.1, -0.05) is 6.07 Å². The maximum atomic E-state index is 12.9. The van der Waals surface area contributed by atoms with Crippen LogP contribution in [0.15, 0.2) is 48.0 Å². The number of phenolic OH excluding ortho intramolecular Hbond substituents is 1. The Morgan fingerprint density at radius 3 is 2.35 bits per heavy atom. The van der Waals surface area contributed by atoms with Crippen molar-refractivity contribution in [1.29, 1.82) is 0 Å². The molecule has 31 heavy (non-hydrogen) atoms. The first-order valence-corrected chi connectivity index (χ1v) is 9.71. The Kier molecular flexibility index (Phi) is 6.81. The van der Waals surface area contributed by atoms with E-state index in [1.807, 2.05) is 0 Å². The van der Waals surface area contributed by atoms with Gasteiger partial charge in [-0.25, -0.2) is 0 Å². The molecule has 8 nitrogen and oxygen atoms in total. The van der Waals surface area contributed by atoms with E-state index in [1.54, 1.807) is 43.5 Å². The highest BCUT2D eigenvalue weighted by atomic mass is 16.5. The highest BCUT2D eigenvalue weighted by molar-refractivity contribution is 6.46. The van der Waals surface area contributed by atoms with Crippen LogP contribution < -0.4 is 9.47 Å². The minimum atomic E-state index is -0.839. The van der Waals surface area contributed by atoms with Crippen molar-refractivity contribution in [2.45, 2.75) is 12.5 Å². The summed E-state index contributed by atoms with van der Waals surface area (Å²) in [6.07, 6.45) is 0.512. The molecule has 0 saturated carbocycles. The Morgan fingerprint density at radius 2 is 1.74 bits per heavy atom. The normalized spacial score (nSPS) is 17.8. The number of hydrogen-bond acceptors (Lipinski definition) is 7. The summed E-state index contributed by atoms with van der Waals surface area (Å²) >= 11 is 0. The number of aliphatic hydroxyl groups excluding tert-OH is 1. The molecule has 1 atom stereocenters. The summed E-state index contributed by atoms with van der Waals surface area (Å²) in [5.74, 6) is -1.04. The van der Waals surface area contributed by atoms with E-state index in [0.29, 0.717) is 29.9 Å². The van der Waals surface area contributed by atoms with Crippen molar-refractivity contribution in [1.82, 2.24) is 4.90 Å². The third kappa shape index (κ3) is 4.34. The second-order valence-electron chi connectivity index (χ2n) is 7.00. The monoisotopic (exact) mass is 427 g/mol. The number of carbonyl (C=O) groups is 2. The molecule has 0 radical (unpaired) electrons. The largest absolute Gasteiger partial charge is 0.507 e. The second kappa shape index (κ2) is 9.53. The van der Waals surface area contributed by atoms with E-state index in [4.69, 9.17) is 14.2 Å². The molecule has 2 aromatic carbocycles. The average Bonchev–Trinajstić information content (AvgIpc) is 3.04. The summed E-state index contributed by atoms with van der Waals surface area (Å²) < 4.78 is 15.4. The number of aliphatic hydroxyl groups is 1. The van der Waals surface area contributed by atoms with Crippen LogP contribution >= 0.6 is 0 Å². The number of phenols is 1. The van der Waals surface area contributed by atoms with Crippen LogP contribution in [0.1, 0.15) is 23.6 Å². The first-order chi connectivity index (χ1) is 14.9. The Morgan fingerprint density at radius 1 is 1.03 bits per heavy atom. The standard InChI is InChI=1S/C23H25NO7/c1-29-12-4-11-24-20(15-7-10-17(25)18(13-15)31-3)19(22(27)23(24)28)21(26)14-5-8-16(30-2)9-6-14/h5-10,13,20,25-26H,4,11-12H2,1-3H3/b21-19-/t20-/m1/s1. The summed E-state index contributed by atoms with van der Waals surface area (Å²) in [7, 11) is 4.49. The number of ketones is 1. The lowest BCUT2D eigenvalue weighted by Crippen LogP contribution is -2.31. The van der Waals surface area contributed by atoms with Crippen LogP contribution in [-0.2, 0) is 14.3 Å². The van der Waals surface area contributed by atoms with Crippen LogP contribution in [0.25, 0.3) is 5.76 Å². The molecule has 0 bridgehead atoms. The van der Waals surface area contributed by atoms with E-state index in [0.717, 1.165) is 0 Å². The van der Waals surface area contributed by atoms with Crippen LogP contribution in [0, 0.1) is 0 Å². The molecule has 0 aromatic heterocycles. The minimum absolute atomic E-state index is 0.0275. The van der Waals surface area contributed by atoms with Crippen LogP contribution in [0.3, 0.4) is 0 Å². The first-order valence-electron chi connectivity index (χ1n) is 9.71. The van der Waals surface area contributed by atoms with Crippen molar-refractivity contribution in [3.63, 3.8) is 0 Å². The summed E-state index contributed by atoms with van der Waals surface area (Å²) in [4.78, 5) is 27.2. The highest BCUT2D eigenvalue weighted by Gasteiger charge is 2.46. The van der Waals surface area contributed by atoms with Gasteiger partial charge >= 0.3 is 0 Å². The van der Waals surface area contributed by atoms with E-state index < -0.39 is 17.7 Å². The highest BCUT2D eigenvalue weighted by Crippen LogP contribution is 2.41. The van der Waals surface area contributed by atoms with Crippen molar-refractivity contribution in [2.24, 2.45) is 0 Å². The van der Waals surface area contributed by atoms with Gasteiger partial charge < -0.3 is 29.3 Å². The van der Waals surface area contributed by atoms with Gasteiger partial charge in [-0.05, 0) is 48.4 Å². The Hall–Kier alpha value is -3.52. The fraction of sp³-hybridized carbons (Fsp3) is 0.304. The summed E-state index contributed by atoms with van der Waals surface area (Å²) in [6.45, 7) is 0.665. The zero-order valence-electron chi connectivity index (χ0n) is 17.6. The third-order valence-electron chi connectivity index (χ3n) is 5.17. The lowest BCUT2D eigenvalue weighted by molar-refractivity contribution is -0.140. The Bertz CT molecular complexity index is 997. The van der Waals surface area contributed by atoms with Gasteiger partial charge in [0.05, 0.1) is 25.8 Å². The predicted octanol–water partition coefficient (Wildman–Crippen LogP) is 2.87. The van der Waals surface area contributed by atoms with Crippen LogP contribution in [0.2, 0.25) is 0 Å². The molecule has 2 aromatic rings. The molecule has 8 heteroatoms. The number of hydrogen-bond donors (Lipinski definition) is 2. The predicted molar refractivity (Wildman–Crippen MR) is 113 cm³/mol. The molecular weight excluding hydrogens is 402 g/mol. The number of nitrogens with zero attached hydrogens (tertiary/aromatic N) is 1. The number of aromatic hydroxyl groups is 1. The van der Waals surface area contributed by atoms with E-state index >= 15 is 0 Å². The van der Waals surface area contributed by atoms with Gasteiger partial charge in [-0.2, -0.15) is 0 Å². The molecule has 1 fully saturated rings. The smallest absolute Gasteiger partial charge is 0.295 e. The average molecular weight is 427 g/mol. The zero-order valence-corrected chi connectivity index (χ0v) is 17.6. The number of likely N-dealkylation sites (tertiary alicyclic amines) is 1. The molecular formula is C23H25NO7. The molecule has 1 amide bonds. The number of methoxy groups -OCH3 is 3. The number of ether oxygens (including phenoxy) is 3. The lowest BCUT2D eigenvalue weighted by Gasteiger charge is -2.25. The van der Waals surface area contributed by atoms with Gasteiger partial charge in [0.2, 0.25) is 0 Å². The fourth-order valence-electron chi connectivity index (χ4n) is 3.61. The SMILES string of the molecule is COCCCN1C(=O)C(=O)/C(=C(\O)c2ccc(OC)cc2)[C@H]1c1ccc(O)c(OC)c1. The molecule has 164 valence electrons. The number of carbonyl (C=O) groups excluding carboxylic acids is 2. The van der Waals surface area contributed by atoms with Crippen molar-refractivity contribution in [3.8, 4) is 17.2 Å². The van der Waals surface area contributed by atoms with Crippen molar-refractivity contribution < 1.29 is 34.0 Å². The molecule has 1 saturated heterocycles. The topological polar surface area (TPSA) is 106 Å². The summed E-state index contributed by atoms with van der Waals surface area (Å²) in [5.41, 5.74) is 0.882. The van der Waals surface area contributed by atoms with Gasteiger partial charge in [-0.3, -0.25) is 9.59 Å². The maximum Gasteiger partial charge on any atom is 0.295 e. The molecule has 3 rings (SSSR count). The van der Waals surface area contributed by atoms with E-state index in [9.17, 15) is 19.8 Å². The molecule has 0 spiro atoms. The van der Waals surface area contributed by atoms with Crippen LogP contribution in [-0.4, -0.2) is 61.3 Å². The van der Waals surface area contributed by atoms with E-state index in [2.05, 4.69) is 0 Å². The third-order valence-corrected chi connectivity index (χ3v) is 5.17. The van der Waals surface area contributed by atoms with Crippen LogP contribution in [0.5, 0.6) is 17.2 Å². The number of benzene rings is 2. The van der Waals surface area contributed by atoms with Gasteiger partial charge in [0.25, 0.3) is 11.7 Å². The van der Waals surface area contributed by atoms with Crippen LogP contribution in [0.4, 0.5) is 0 Å². The van der Waals surface area contributed by atoms with Gasteiger partial charge in [0.15, 0.2) is 11.5 Å². The van der Waals surface area contributed by atoms with Gasteiger partial charge in [0, 0.05) is 25.8 Å². The molecule has 1 aliphatic heterocycles. The first kappa shape index (κ1) is 22.2. The molecule has 0 aliphatic carbocycles. The van der Waals surface area contributed by atoms with Crippen molar-refractivity contribution in [3.05, 3.63) is 59.2 Å². The second-order valence-corrected chi connectivity index (χ2v) is 7.00. The Balaban J connectivity index is 2.13. The molecule has 1 aliphatic rings. The quantitative estimate of drug-likeness (QED) is 0.289. The maximum absolute atomic E-state index is 12.9. The van der Waals surface area contributed by atoms with Gasteiger partial charge in [0.1, 0.15) is 11.5 Å². The molecule has 1 heterocycles. The minimum Gasteiger partial charge on any atom is -0.507 e. The molecule has 0 unspecified atom stereocenters. The van der Waals surface area contributed by atoms with E-state index in [-0.39, 0.29) is 29.4 Å². The fourth-order valence-corrected chi connectivity index (χ4v) is 3.61. The number of Topliss-reactive ketones (excluding diaryl/α,β-unsaturated/α-hetero) is 1. The Labute approximate surface area is 180 Å². The zero-order chi connectivity index (χ0) is 22.5. The van der Waals surface area contributed by atoms with Gasteiger partial charge in [-0.15, -0.1) is 0 Å². The lowest BCUT2D eigenvalue weighted by atomic mass is 9.95. The summed E-state index contributed by atoms with van der Waals surface area (Å²) in [6, 6.07) is 10.3. The van der Waals surface area contributed by atoms with Crippen molar-refractivity contribution in [2.75, 3.05) is 34.5 Å². The van der Waals surface area contributed by atoms with Crippen molar-refractivity contribution >= 4 is 17.4 Å². The number of amides is 1.